The molecule has 0 fully saturated rings. The Morgan fingerprint density at radius 3 is 2.44 bits per heavy atom. The van der Waals surface area contributed by atoms with Gasteiger partial charge in [-0.25, -0.2) is 27.3 Å². The van der Waals surface area contributed by atoms with Gasteiger partial charge in [-0.1, -0.05) is 0 Å². The van der Waals surface area contributed by atoms with Crippen LogP contribution in [-0.2, 0) is 10.0 Å². The number of methoxy groups -OCH3 is 1. The normalized spacial score (nSPS) is 11.6. The lowest BCUT2D eigenvalue weighted by molar-refractivity contribution is -0.389. The molecule has 2 N–H and O–H groups in total. The monoisotopic (exact) mass is 283 g/mol. The van der Waals surface area contributed by atoms with E-state index in [1.807, 2.05) is 0 Å². The lowest BCUT2D eigenvalue weighted by Crippen LogP contribution is -2.16. The Hall–Kier alpha value is -1.88. The van der Waals surface area contributed by atoms with Gasteiger partial charge >= 0.3 is 5.69 Å². The quantitative estimate of drug-likeness (QED) is 0.636. The van der Waals surface area contributed by atoms with Gasteiger partial charge in [0.25, 0.3) is 6.43 Å². The third-order valence-corrected chi connectivity index (χ3v) is 2.79. The van der Waals surface area contributed by atoms with Crippen LogP contribution in [0.2, 0.25) is 0 Å². The predicted molar refractivity (Wildman–Crippen MR) is 53.8 cm³/mol. The minimum atomic E-state index is -4.56. The maximum absolute atomic E-state index is 12.6. The molecule has 1 heterocycles. The van der Waals surface area contributed by atoms with Gasteiger partial charge in [0, 0.05) is 6.07 Å². The van der Waals surface area contributed by atoms with Crippen molar-refractivity contribution in [3.63, 3.8) is 0 Å². The number of hydrogen-bond acceptors (Lipinski definition) is 6. The van der Waals surface area contributed by atoms with E-state index in [9.17, 15) is 27.3 Å². The summed E-state index contributed by atoms with van der Waals surface area (Å²) < 4.78 is 52.0. The summed E-state index contributed by atoms with van der Waals surface area (Å²) >= 11 is 0. The Labute approximate surface area is 99.6 Å². The first-order chi connectivity index (χ1) is 8.18. The molecule has 11 heteroatoms. The van der Waals surface area contributed by atoms with E-state index in [1.165, 1.54) is 0 Å². The molecule has 0 atom stereocenters. The van der Waals surface area contributed by atoms with Crippen LogP contribution in [0.5, 0.6) is 5.88 Å². The van der Waals surface area contributed by atoms with Crippen LogP contribution in [0.3, 0.4) is 0 Å². The summed E-state index contributed by atoms with van der Waals surface area (Å²) in [6.45, 7) is 0. The fraction of sp³-hybridized carbons (Fsp3) is 0.286. The second-order valence-electron chi connectivity index (χ2n) is 3.00. The first-order valence-corrected chi connectivity index (χ1v) is 5.77. The van der Waals surface area contributed by atoms with E-state index >= 15 is 0 Å². The number of nitrogens with zero attached hydrogens (tertiary/aromatic N) is 2. The average Bonchev–Trinajstić information content (AvgIpc) is 2.25. The van der Waals surface area contributed by atoms with Crippen LogP contribution >= 0.6 is 0 Å². The summed E-state index contributed by atoms with van der Waals surface area (Å²) in [6.07, 6.45) is -3.35. The smallest absolute Gasteiger partial charge is 0.316 e. The maximum Gasteiger partial charge on any atom is 0.316 e. The highest BCUT2D eigenvalue weighted by atomic mass is 32.2. The lowest BCUT2D eigenvalue weighted by atomic mass is 10.3. The van der Waals surface area contributed by atoms with Gasteiger partial charge < -0.3 is 4.74 Å². The molecule has 0 aliphatic carbocycles. The molecule has 0 saturated carbocycles. The molecular formula is C7H7F2N3O5S. The Kier molecular flexibility index (Phi) is 3.76. The highest BCUT2D eigenvalue weighted by Crippen LogP contribution is 2.34. The van der Waals surface area contributed by atoms with Crippen LogP contribution in [0.4, 0.5) is 14.5 Å². The van der Waals surface area contributed by atoms with Crippen LogP contribution in [0.15, 0.2) is 11.0 Å². The number of alkyl halides is 2. The van der Waals surface area contributed by atoms with Crippen molar-refractivity contribution < 1.29 is 26.9 Å². The molecule has 0 unspecified atom stereocenters. The molecule has 0 bridgehead atoms. The SMILES string of the molecule is COc1cc(S(N)(=O)=O)c([N+](=O)[O-])c(C(F)F)n1. The van der Waals surface area contributed by atoms with Gasteiger partial charge in [-0.15, -0.1) is 0 Å². The van der Waals surface area contributed by atoms with Crippen LogP contribution in [0, 0.1) is 10.1 Å². The maximum atomic E-state index is 12.6. The van der Waals surface area contributed by atoms with E-state index < -0.39 is 43.5 Å². The topological polar surface area (TPSA) is 125 Å². The van der Waals surface area contributed by atoms with Crippen molar-refractivity contribution in [1.82, 2.24) is 4.98 Å². The lowest BCUT2D eigenvalue weighted by Gasteiger charge is -2.07. The molecule has 100 valence electrons. The number of nitro groups is 1. The zero-order valence-electron chi connectivity index (χ0n) is 8.83. The number of halogens is 2. The summed E-state index contributed by atoms with van der Waals surface area (Å²) in [5.74, 6) is -0.514. The summed E-state index contributed by atoms with van der Waals surface area (Å²) in [4.78, 5) is 11.5. The van der Waals surface area contributed by atoms with Crippen molar-refractivity contribution in [2.45, 2.75) is 11.3 Å². The van der Waals surface area contributed by atoms with Crippen molar-refractivity contribution in [3.05, 3.63) is 21.9 Å². The first-order valence-electron chi connectivity index (χ1n) is 4.22. The van der Waals surface area contributed by atoms with Gasteiger partial charge in [0.1, 0.15) is 0 Å². The molecule has 1 aromatic heterocycles. The molecule has 0 aliphatic heterocycles. The summed E-state index contributed by atoms with van der Waals surface area (Å²) in [5.41, 5.74) is -2.67. The van der Waals surface area contributed by atoms with Gasteiger partial charge in [-0.2, -0.15) is 0 Å². The van der Waals surface area contributed by atoms with E-state index in [1.54, 1.807) is 0 Å². The van der Waals surface area contributed by atoms with Crippen LogP contribution in [0.1, 0.15) is 12.1 Å². The van der Waals surface area contributed by atoms with Crippen LogP contribution < -0.4 is 9.88 Å². The number of sulfonamides is 1. The molecule has 18 heavy (non-hydrogen) atoms. The van der Waals surface area contributed by atoms with Gasteiger partial charge in [-0.3, -0.25) is 10.1 Å². The van der Waals surface area contributed by atoms with Crippen LogP contribution in [-0.4, -0.2) is 25.4 Å². The number of nitrogens with two attached hydrogens (primary N) is 1. The average molecular weight is 283 g/mol. The van der Waals surface area contributed by atoms with Crippen molar-refractivity contribution in [2.24, 2.45) is 5.14 Å². The molecule has 0 spiro atoms. The number of primary sulfonamides is 1. The molecular weight excluding hydrogens is 276 g/mol. The highest BCUT2D eigenvalue weighted by molar-refractivity contribution is 7.89. The molecule has 1 rings (SSSR count). The van der Waals surface area contributed by atoms with E-state index in [0.717, 1.165) is 7.11 Å². The standard InChI is InChI=1S/C7H7F2N3O5S/c1-17-4-2-3(18(10,15)16)6(12(13)14)5(11-4)7(8)9/h2,7H,1H3,(H2,10,15,16). The summed E-state index contributed by atoms with van der Waals surface area (Å²) in [7, 11) is -3.52. The summed E-state index contributed by atoms with van der Waals surface area (Å²) in [5, 5.41) is 15.4. The van der Waals surface area contributed by atoms with Crippen molar-refractivity contribution in [2.75, 3.05) is 7.11 Å². The molecule has 0 radical (unpaired) electrons. The van der Waals surface area contributed by atoms with Gasteiger partial charge in [0.15, 0.2) is 10.6 Å². The molecule has 1 aromatic rings. The highest BCUT2D eigenvalue weighted by Gasteiger charge is 2.33. The minimum absolute atomic E-state index is 0.514. The Morgan fingerprint density at radius 2 is 2.11 bits per heavy atom. The van der Waals surface area contributed by atoms with E-state index in [0.29, 0.717) is 6.07 Å². The molecule has 0 amide bonds. The predicted octanol–water partition coefficient (Wildman–Crippen LogP) is 0.583. The number of aromatic nitrogens is 1. The third kappa shape index (κ3) is 2.68. The zero-order valence-corrected chi connectivity index (χ0v) is 9.65. The fourth-order valence-corrected chi connectivity index (χ4v) is 1.88. The van der Waals surface area contributed by atoms with Crippen molar-refractivity contribution >= 4 is 15.7 Å². The zero-order chi connectivity index (χ0) is 14.1. The Balaban J connectivity index is 3.77. The van der Waals surface area contributed by atoms with Gasteiger partial charge in [0.05, 0.1) is 12.0 Å². The van der Waals surface area contributed by atoms with E-state index in [4.69, 9.17) is 5.14 Å². The Bertz CT molecular complexity index is 589. The number of ether oxygens (including phenoxy) is 1. The van der Waals surface area contributed by atoms with Crippen LogP contribution in [0.25, 0.3) is 0 Å². The largest absolute Gasteiger partial charge is 0.481 e. The second kappa shape index (κ2) is 4.78. The molecule has 0 aromatic carbocycles. The second-order valence-corrected chi connectivity index (χ2v) is 4.53. The van der Waals surface area contributed by atoms with Gasteiger partial charge in [-0.05, 0) is 0 Å². The van der Waals surface area contributed by atoms with Crippen molar-refractivity contribution in [3.8, 4) is 5.88 Å². The minimum Gasteiger partial charge on any atom is -0.481 e. The van der Waals surface area contributed by atoms with E-state index in [-0.39, 0.29) is 0 Å². The van der Waals surface area contributed by atoms with Crippen molar-refractivity contribution in [1.29, 1.82) is 0 Å². The Morgan fingerprint density at radius 1 is 1.56 bits per heavy atom. The number of hydrogen-bond donors (Lipinski definition) is 1. The molecule has 0 aliphatic rings. The molecule has 0 saturated heterocycles. The number of rotatable bonds is 4. The summed E-state index contributed by atoms with van der Waals surface area (Å²) in [6, 6.07) is 0.610. The number of pyridine rings is 1. The third-order valence-electron chi connectivity index (χ3n) is 1.87. The van der Waals surface area contributed by atoms with Gasteiger partial charge in [0.2, 0.25) is 15.9 Å². The molecule has 8 nitrogen and oxygen atoms in total. The fourth-order valence-electron chi connectivity index (χ4n) is 1.17. The van der Waals surface area contributed by atoms with E-state index in [2.05, 4.69) is 9.72 Å². The first kappa shape index (κ1) is 14.2.